The molecule has 1 rings (SSSR count). The molecule has 1 heterocycles. The summed E-state index contributed by atoms with van der Waals surface area (Å²) in [7, 11) is 0. The molecule has 1 aromatic rings. The summed E-state index contributed by atoms with van der Waals surface area (Å²) in [5, 5.41) is 22.3. The summed E-state index contributed by atoms with van der Waals surface area (Å²) in [5.74, 6) is -1.81. The molecule has 0 saturated carbocycles. The number of nitrogens with zero attached hydrogens (tertiary/aromatic N) is 1. The van der Waals surface area contributed by atoms with Crippen LogP contribution in [0.2, 0.25) is 0 Å². The number of hydrogen-bond acceptors (Lipinski definition) is 5. The quantitative estimate of drug-likeness (QED) is 0.603. The molecule has 0 saturated heterocycles. The Bertz CT molecular complexity index is 441. The SMILES string of the molecule is CC(NC(=O)c1csc([N+](=O)[O-])c1)C(=O)O. The first-order chi connectivity index (χ1) is 7.41. The van der Waals surface area contributed by atoms with Crippen LogP contribution in [0.1, 0.15) is 17.3 Å². The van der Waals surface area contributed by atoms with Crippen molar-refractivity contribution >= 4 is 28.2 Å². The molecule has 0 fully saturated rings. The number of carboxylic acids is 1. The lowest BCUT2D eigenvalue weighted by atomic mass is 10.2. The number of nitrogens with one attached hydrogen (secondary N) is 1. The number of carboxylic acid groups (broad SMARTS) is 1. The molecule has 8 heteroatoms. The lowest BCUT2D eigenvalue weighted by Gasteiger charge is -2.07. The van der Waals surface area contributed by atoms with Crippen LogP contribution in [0, 0.1) is 10.1 Å². The number of aliphatic carboxylic acids is 1. The molecule has 0 aliphatic heterocycles. The highest BCUT2D eigenvalue weighted by atomic mass is 32.1. The van der Waals surface area contributed by atoms with Crippen LogP contribution in [0.4, 0.5) is 5.00 Å². The number of carbonyl (C=O) groups excluding carboxylic acids is 1. The first-order valence-corrected chi connectivity index (χ1v) is 5.06. The fraction of sp³-hybridized carbons (Fsp3) is 0.250. The van der Waals surface area contributed by atoms with Crippen LogP contribution in [0.3, 0.4) is 0 Å². The van der Waals surface area contributed by atoms with Gasteiger partial charge < -0.3 is 10.4 Å². The molecule has 7 nitrogen and oxygen atoms in total. The maximum atomic E-state index is 11.4. The molecule has 0 spiro atoms. The highest BCUT2D eigenvalue weighted by molar-refractivity contribution is 7.13. The van der Waals surface area contributed by atoms with Gasteiger partial charge in [0.05, 0.1) is 10.5 Å². The fourth-order valence-corrected chi connectivity index (χ4v) is 1.59. The third-order valence-corrected chi connectivity index (χ3v) is 2.63. The van der Waals surface area contributed by atoms with E-state index in [1.54, 1.807) is 0 Å². The second-order valence-corrected chi connectivity index (χ2v) is 3.85. The van der Waals surface area contributed by atoms with E-state index in [1.807, 2.05) is 0 Å². The molecule has 0 aliphatic carbocycles. The molecule has 1 aromatic heterocycles. The average Bonchev–Trinajstić information content (AvgIpc) is 2.65. The number of carbonyl (C=O) groups is 2. The Balaban J connectivity index is 2.73. The van der Waals surface area contributed by atoms with Crippen molar-refractivity contribution in [2.24, 2.45) is 0 Å². The molecule has 1 atom stereocenters. The molecular weight excluding hydrogens is 236 g/mol. The van der Waals surface area contributed by atoms with Gasteiger partial charge in [-0.3, -0.25) is 19.7 Å². The second kappa shape index (κ2) is 4.71. The topological polar surface area (TPSA) is 110 Å². The highest BCUT2D eigenvalue weighted by Crippen LogP contribution is 2.22. The van der Waals surface area contributed by atoms with Crippen molar-refractivity contribution in [3.8, 4) is 0 Å². The molecule has 16 heavy (non-hydrogen) atoms. The Morgan fingerprint density at radius 3 is 2.69 bits per heavy atom. The van der Waals surface area contributed by atoms with Gasteiger partial charge in [-0.1, -0.05) is 11.3 Å². The normalized spacial score (nSPS) is 11.8. The van der Waals surface area contributed by atoms with E-state index in [-0.39, 0.29) is 10.6 Å². The van der Waals surface area contributed by atoms with E-state index in [4.69, 9.17) is 5.11 Å². The molecule has 2 N–H and O–H groups in total. The van der Waals surface area contributed by atoms with E-state index >= 15 is 0 Å². The third kappa shape index (κ3) is 2.76. The maximum Gasteiger partial charge on any atom is 0.325 e. The Kier molecular flexibility index (Phi) is 3.56. The predicted molar refractivity (Wildman–Crippen MR) is 55.5 cm³/mol. The van der Waals surface area contributed by atoms with Crippen molar-refractivity contribution in [1.82, 2.24) is 5.32 Å². The first kappa shape index (κ1) is 12.1. The van der Waals surface area contributed by atoms with E-state index in [0.717, 1.165) is 17.4 Å². The van der Waals surface area contributed by atoms with E-state index in [1.165, 1.54) is 12.3 Å². The highest BCUT2D eigenvalue weighted by Gasteiger charge is 2.18. The molecule has 1 unspecified atom stereocenters. The Morgan fingerprint density at radius 2 is 2.25 bits per heavy atom. The van der Waals surface area contributed by atoms with Crippen LogP contribution in [0.5, 0.6) is 0 Å². The minimum absolute atomic E-state index is 0.0878. The van der Waals surface area contributed by atoms with Gasteiger partial charge in [-0.25, -0.2) is 0 Å². The Hall–Kier alpha value is -1.96. The lowest BCUT2D eigenvalue weighted by Crippen LogP contribution is -2.38. The summed E-state index contributed by atoms with van der Waals surface area (Å²) in [6.07, 6.45) is 0. The molecular formula is C8H8N2O5S. The van der Waals surface area contributed by atoms with E-state index in [9.17, 15) is 19.7 Å². The molecule has 0 aromatic carbocycles. The number of rotatable bonds is 4. The summed E-state index contributed by atoms with van der Waals surface area (Å²) in [5.41, 5.74) is 0.0878. The van der Waals surface area contributed by atoms with Crippen molar-refractivity contribution < 1.29 is 19.6 Å². The zero-order valence-electron chi connectivity index (χ0n) is 8.17. The zero-order valence-corrected chi connectivity index (χ0v) is 8.98. The van der Waals surface area contributed by atoms with Crippen molar-refractivity contribution in [1.29, 1.82) is 0 Å². The van der Waals surface area contributed by atoms with Gasteiger partial charge in [-0.05, 0) is 6.92 Å². The van der Waals surface area contributed by atoms with Gasteiger partial charge in [0.2, 0.25) is 0 Å². The summed E-state index contributed by atoms with van der Waals surface area (Å²) < 4.78 is 0. The molecule has 1 amide bonds. The molecule has 0 bridgehead atoms. The van der Waals surface area contributed by atoms with Crippen LogP contribution in [0.15, 0.2) is 11.4 Å². The Labute approximate surface area is 93.9 Å². The van der Waals surface area contributed by atoms with Gasteiger partial charge in [-0.15, -0.1) is 0 Å². The minimum atomic E-state index is -1.17. The standard InChI is InChI=1S/C8H8N2O5S/c1-4(8(12)13)9-7(11)5-2-6(10(14)15)16-3-5/h2-4H,1H3,(H,9,11)(H,12,13). The molecule has 86 valence electrons. The number of thiophene rings is 1. The van der Waals surface area contributed by atoms with E-state index in [2.05, 4.69) is 5.32 Å². The van der Waals surface area contributed by atoms with Crippen molar-refractivity contribution in [2.75, 3.05) is 0 Å². The molecule has 0 aliphatic rings. The van der Waals surface area contributed by atoms with Crippen LogP contribution in [-0.2, 0) is 4.79 Å². The minimum Gasteiger partial charge on any atom is -0.480 e. The van der Waals surface area contributed by atoms with Gasteiger partial charge in [0.1, 0.15) is 6.04 Å². The lowest BCUT2D eigenvalue weighted by molar-refractivity contribution is -0.380. The second-order valence-electron chi connectivity index (χ2n) is 2.96. The van der Waals surface area contributed by atoms with Gasteiger partial charge >= 0.3 is 11.0 Å². The monoisotopic (exact) mass is 244 g/mol. The number of amides is 1. The fourth-order valence-electron chi connectivity index (χ4n) is 0.881. The van der Waals surface area contributed by atoms with Crippen LogP contribution < -0.4 is 5.32 Å². The van der Waals surface area contributed by atoms with E-state index in [0.29, 0.717) is 0 Å². The van der Waals surface area contributed by atoms with Crippen molar-refractivity contribution in [3.63, 3.8) is 0 Å². The van der Waals surface area contributed by atoms with Crippen LogP contribution in [-0.4, -0.2) is 27.9 Å². The first-order valence-electron chi connectivity index (χ1n) is 4.18. The van der Waals surface area contributed by atoms with E-state index < -0.39 is 22.8 Å². The summed E-state index contributed by atoms with van der Waals surface area (Å²) >= 11 is 0.814. The molecule has 0 radical (unpaired) electrons. The number of nitro groups is 1. The average molecular weight is 244 g/mol. The van der Waals surface area contributed by atoms with Gasteiger partial charge in [0.25, 0.3) is 5.91 Å². The zero-order chi connectivity index (χ0) is 12.3. The van der Waals surface area contributed by atoms with Gasteiger partial charge in [0.15, 0.2) is 0 Å². The largest absolute Gasteiger partial charge is 0.480 e. The smallest absolute Gasteiger partial charge is 0.325 e. The number of hydrogen-bond donors (Lipinski definition) is 2. The third-order valence-electron chi connectivity index (χ3n) is 1.75. The van der Waals surface area contributed by atoms with Gasteiger partial charge in [0, 0.05) is 11.4 Å². The van der Waals surface area contributed by atoms with Crippen LogP contribution in [0.25, 0.3) is 0 Å². The van der Waals surface area contributed by atoms with Gasteiger partial charge in [-0.2, -0.15) is 0 Å². The Morgan fingerprint density at radius 1 is 1.62 bits per heavy atom. The summed E-state index contributed by atoms with van der Waals surface area (Å²) in [4.78, 5) is 31.6. The van der Waals surface area contributed by atoms with Crippen molar-refractivity contribution in [3.05, 3.63) is 27.1 Å². The summed E-state index contributed by atoms with van der Waals surface area (Å²) in [6.45, 7) is 1.31. The summed E-state index contributed by atoms with van der Waals surface area (Å²) in [6, 6.07) is 0.0700. The predicted octanol–water partition coefficient (Wildman–Crippen LogP) is 0.859. The van der Waals surface area contributed by atoms with Crippen molar-refractivity contribution in [2.45, 2.75) is 13.0 Å². The maximum absolute atomic E-state index is 11.4. The van der Waals surface area contributed by atoms with Crippen LogP contribution >= 0.6 is 11.3 Å².